The zero-order valence-electron chi connectivity index (χ0n) is 31.9. The van der Waals surface area contributed by atoms with Crippen molar-refractivity contribution in [3.8, 4) is 5.75 Å². The smallest absolute Gasteiger partial charge is 0.320 e. The molecule has 0 heterocycles. The molecule has 5 N–H and O–H groups in total. The van der Waals surface area contributed by atoms with Crippen LogP contribution in [-0.2, 0) is 49.4 Å². The van der Waals surface area contributed by atoms with E-state index in [0.29, 0.717) is 5.75 Å². The van der Waals surface area contributed by atoms with E-state index >= 15 is 0 Å². The fourth-order valence-corrected chi connectivity index (χ4v) is 4.89. The molecule has 1 rings (SSSR count). The van der Waals surface area contributed by atoms with Crippen LogP contribution in [0.3, 0.4) is 0 Å². The number of nitrogens with one attached hydrogen (secondary N) is 1. The van der Waals surface area contributed by atoms with Gasteiger partial charge in [0.2, 0.25) is 0 Å². The number of hydrogen-bond acceptors (Lipinski definition) is 14. The third kappa shape index (κ3) is 21.8. The van der Waals surface area contributed by atoms with Gasteiger partial charge in [0.1, 0.15) is 22.6 Å². The monoisotopic (exact) mass is 739 g/mol. The average Bonchev–Trinajstić information content (AvgIpc) is 2.94. The van der Waals surface area contributed by atoms with Gasteiger partial charge >= 0.3 is 29.8 Å². The maximum absolute atomic E-state index is 13.3. The predicted molar refractivity (Wildman–Crippen MR) is 189 cm³/mol. The van der Waals surface area contributed by atoms with Crippen LogP contribution in [0.25, 0.3) is 0 Å². The fraction of sp³-hybridized carbons (Fsp3) is 0.657. The van der Waals surface area contributed by atoms with Crippen LogP contribution in [0.5, 0.6) is 5.75 Å². The molecule has 1 atom stereocenters. The first-order valence-corrected chi connectivity index (χ1v) is 16.8. The number of carboxylic acids is 2. The zero-order valence-corrected chi connectivity index (χ0v) is 31.9. The lowest BCUT2D eigenvalue weighted by molar-refractivity contribution is -0.159. The minimum Gasteiger partial charge on any atom is -0.484 e. The topological polar surface area (TPSA) is 228 Å². The van der Waals surface area contributed by atoms with Crippen LogP contribution in [-0.4, -0.2) is 142 Å². The van der Waals surface area contributed by atoms with Gasteiger partial charge in [0.05, 0.1) is 32.7 Å². The largest absolute Gasteiger partial charge is 0.484 e. The standard InChI is InChI=1S/C35H57N5O12/c1-33(2,3)50-30(46)20-38(18-28(42)43)14-15-40(22-32(48)52-35(7,8)9)25(16-24-10-12-26(13-11-24)49-23-27(41)37-36)17-39(19-29(44)45)21-31(47)51-34(4,5)6/h10-13,25H,14-23,36H2,1-9H3,(H,37,41)(H,42,43)(H,44,45). The van der Waals surface area contributed by atoms with Gasteiger partial charge in [0, 0.05) is 25.7 Å². The molecule has 294 valence electrons. The molecule has 0 aliphatic rings. The van der Waals surface area contributed by atoms with Crippen LogP contribution in [0.2, 0.25) is 0 Å². The van der Waals surface area contributed by atoms with Crippen LogP contribution in [0.1, 0.15) is 67.9 Å². The summed E-state index contributed by atoms with van der Waals surface area (Å²) in [6.07, 6.45) is 0.210. The van der Waals surface area contributed by atoms with Gasteiger partial charge in [-0.15, -0.1) is 0 Å². The predicted octanol–water partition coefficient (Wildman–Crippen LogP) is 1.07. The summed E-state index contributed by atoms with van der Waals surface area (Å²) in [6, 6.07) is 6.03. The molecule has 0 fully saturated rings. The highest BCUT2D eigenvalue weighted by atomic mass is 16.6. The van der Waals surface area contributed by atoms with Gasteiger partial charge in [-0.3, -0.25) is 48.9 Å². The van der Waals surface area contributed by atoms with E-state index in [1.54, 1.807) is 91.5 Å². The Balaban J connectivity index is 3.61. The van der Waals surface area contributed by atoms with Crippen molar-refractivity contribution in [2.24, 2.45) is 5.84 Å². The molecule has 17 nitrogen and oxygen atoms in total. The second-order valence-electron chi connectivity index (χ2n) is 15.3. The molecule has 0 radical (unpaired) electrons. The Morgan fingerprint density at radius 1 is 0.673 bits per heavy atom. The second-order valence-corrected chi connectivity index (χ2v) is 15.3. The molecule has 52 heavy (non-hydrogen) atoms. The summed E-state index contributed by atoms with van der Waals surface area (Å²) < 4.78 is 21.9. The Morgan fingerprint density at radius 3 is 1.56 bits per heavy atom. The lowest BCUT2D eigenvalue weighted by Gasteiger charge is -2.36. The average molecular weight is 740 g/mol. The Bertz CT molecular complexity index is 1350. The molecule has 0 aromatic heterocycles. The molecule has 0 bridgehead atoms. The van der Waals surface area contributed by atoms with Crippen molar-refractivity contribution in [1.82, 2.24) is 20.1 Å². The van der Waals surface area contributed by atoms with Gasteiger partial charge < -0.3 is 29.2 Å². The highest BCUT2D eigenvalue weighted by Crippen LogP contribution is 2.18. The lowest BCUT2D eigenvalue weighted by atomic mass is 10.0. The van der Waals surface area contributed by atoms with Crippen LogP contribution < -0.4 is 16.0 Å². The van der Waals surface area contributed by atoms with Crippen molar-refractivity contribution < 1.29 is 57.9 Å². The summed E-state index contributed by atoms with van der Waals surface area (Å²) in [5, 5.41) is 19.4. The van der Waals surface area contributed by atoms with Gasteiger partial charge in [-0.1, -0.05) is 12.1 Å². The van der Waals surface area contributed by atoms with E-state index < -0.39 is 71.7 Å². The molecule has 1 amide bonds. The number of benzene rings is 1. The number of nitrogens with zero attached hydrogens (tertiary/aromatic N) is 3. The molecular formula is C35H57N5O12. The number of hydrazine groups is 1. The summed E-state index contributed by atoms with van der Waals surface area (Å²) in [6.45, 7) is 12.9. The lowest BCUT2D eigenvalue weighted by Crippen LogP contribution is -2.52. The van der Waals surface area contributed by atoms with E-state index in [1.807, 2.05) is 5.43 Å². The Morgan fingerprint density at radius 2 is 1.12 bits per heavy atom. The fourth-order valence-electron chi connectivity index (χ4n) is 4.89. The van der Waals surface area contributed by atoms with Crippen molar-refractivity contribution in [3.05, 3.63) is 29.8 Å². The Kier molecular flexibility index (Phi) is 18.1. The second kappa shape index (κ2) is 20.7. The first-order valence-electron chi connectivity index (χ1n) is 16.8. The molecule has 0 saturated carbocycles. The molecular weight excluding hydrogens is 682 g/mol. The SMILES string of the molecule is CC(C)(C)OC(=O)CN(CCN(CC(=O)OC(C)(C)C)C(Cc1ccc(OCC(=O)NN)cc1)CN(CC(=O)O)CC(=O)OC(C)(C)C)CC(=O)O. The Hall–Kier alpha value is -4.32. The number of carboxylic acid groups (broad SMARTS) is 2. The van der Waals surface area contributed by atoms with Gasteiger partial charge in [0.25, 0.3) is 5.91 Å². The zero-order chi connectivity index (χ0) is 39.9. The number of hydrogen-bond donors (Lipinski definition) is 4. The van der Waals surface area contributed by atoms with Crippen molar-refractivity contribution in [1.29, 1.82) is 0 Å². The van der Waals surface area contributed by atoms with E-state index in [2.05, 4.69) is 0 Å². The van der Waals surface area contributed by atoms with Crippen molar-refractivity contribution in [2.75, 3.05) is 59.0 Å². The van der Waals surface area contributed by atoms with E-state index in [4.69, 9.17) is 24.8 Å². The molecule has 0 aliphatic carbocycles. The highest BCUT2D eigenvalue weighted by Gasteiger charge is 2.30. The summed E-state index contributed by atoms with van der Waals surface area (Å²) in [4.78, 5) is 78.6. The van der Waals surface area contributed by atoms with E-state index in [1.165, 1.54) is 9.80 Å². The normalized spacial score (nSPS) is 12.7. The molecule has 0 aliphatic heterocycles. The van der Waals surface area contributed by atoms with E-state index in [0.717, 1.165) is 5.56 Å². The molecule has 0 spiro atoms. The third-order valence-electron chi connectivity index (χ3n) is 6.63. The van der Waals surface area contributed by atoms with Crippen LogP contribution in [0, 0.1) is 0 Å². The molecule has 0 saturated heterocycles. The maximum atomic E-state index is 13.3. The van der Waals surface area contributed by atoms with Crippen LogP contribution >= 0.6 is 0 Å². The number of rotatable bonds is 21. The van der Waals surface area contributed by atoms with Gasteiger partial charge in [0.15, 0.2) is 6.61 Å². The molecule has 1 aromatic carbocycles. The van der Waals surface area contributed by atoms with E-state index in [-0.39, 0.29) is 52.3 Å². The highest BCUT2D eigenvalue weighted by molar-refractivity contribution is 5.77. The summed E-state index contributed by atoms with van der Waals surface area (Å²) >= 11 is 0. The summed E-state index contributed by atoms with van der Waals surface area (Å²) in [5.41, 5.74) is 0.219. The van der Waals surface area contributed by atoms with Gasteiger partial charge in [-0.25, -0.2) is 5.84 Å². The minimum atomic E-state index is -1.20. The number of nitrogens with two attached hydrogens (primary N) is 1. The first-order chi connectivity index (χ1) is 23.8. The van der Waals surface area contributed by atoms with Crippen LogP contribution in [0.15, 0.2) is 24.3 Å². The van der Waals surface area contributed by atoms with Crippen molar-refractivity contribution in [2.45, 2.75) is 91.6 Å². The Labute approximate surface area is 305 Å². The number of esters is 3. The molecule has 17 heteroatoms. The number of aliphatic carboxylic acids is 2. The minimum absolute atomic E-state index is 0.00811. The van der Waals surface area contributed by atoms with Crippen molar-refractivity contribution >= 4 is 35.8 Å². The van der Waals surface area contributed by atoms with Gasteiger partial charge in [-0.05, 0) is 86.4 Å². The number of amides is 1. The summed E-state index contributed by atoms with van der Waals surface area (Å²) in [5.74, 6) is 0.674. The molecule has 1 unspecified atom stereocenters. The quantitative estimate of drug-likeness (QED) is 0.0454. The maximum Gasteiger partial charge on any atom is 0.320 e. The van der Waals surface area contributed by atoms with Crippen molar-refractivity contribution in [3.63, 3.8) is 0 Å². The number of ether oxygens (including phenoxy) is 4. The van der Waals surface area contributed by atoms with Gasteiger partial charge in [-0.2, -0.15) is 0 Å². The molecule has 1 aromatic rings. The van der Waals surface area contributed by atoms with E-state index in [9.17, 15) is 39.0 Å². The van der Waals surface area contributed by atoms with Crippen LogP contribution in [0.4, 0.5) is 0 Å². The third-order valence-corrected chi connectivity index (χ3v) is 6.63. The number of carbonyl (C=O) groups is 6. The first kappa shape index (κ1) is 45.7. The summed E-state index contributed by atoms with van der Waals surface area (Å²) in [7, 11) is 0. The number of carbonyl (C=O) groups excluding carboxylic acids is 4.